The normalized spacial score (nSPS) is 11.9. The number of nitrogens with one attached hydrogen (secondary N) is 3. The standard InChI is InChI=1S/C24H27N3O4/c1-15(2)22(28)27-21(12-18-14-25-20-7-5-4-6-19(18)20)23(29)26-13-16-8-10-17(11-9-16)24(30)31-3/h4-11,14-15,21,25H,12-13H2,1-3H3,(H,26,29)(H,27,28). The molecule has 162 valence electrons. The number of benzene rings is 2. The number of aromatic nitrogens is 1. The molecule has 31 heavy (non-hydrogen) atoms. The number of carbonyl (C=O) groups excluding carboxylic acids is 3. The van der Waals surface area contributed by atoms with Crippen LogP contribution in [0, 0.1) is 5.92 Å². The van der Waals surface area contributed by atoms with Crippen molar-refractivity contribution in [2.75, 3.05) is 7.11 Å². The van der Waals surface area contributed by atoms with E-state index in [0.717, 1.165) is 22.0 Å². The molecule has 0 aliphatic heterocycles. The number of hydrogen-bond acceptors (Lipinski definition) is 4. The van der Waals surface area contributed by atoms with Crippen molar-refractivity contribution in [1.29, 1.82) is 0 Å². The Hall–Kier alpha value is -3.61. The summed E-state index contributed by atoms with van der Waals surface area (Å²) in [5.74, 6) is -1.09. The molecule has 0 saturated carbocycles. The maximum absolute atomic E-state index is 12.9. The van der Waals surface area contributed by atoms with Gasteiger partial charge >= 0.3 is 5.97 Å². The predicted molar refractivity (Wildman–Crippen MR) is 118 cm³/mol. The van der Waals surface area contributed by atoms with Crippen LogP contribution in [0.25, 0.3) is 10.9 Å². The predicted octanol–water partition coefficient (Wildman–Crippen LogP) is 2.95. The van der Waals surface area contributed by atoms with Crippen molar-refractivity contribution in [3.8, 4) is 0 Å². The molecule has 2 aromatic carbocycles. The maximum atomic E-state index is 12.9. The number of rotatable bonds is 8. The average Bonchev–Trinajstić information content (AvgIpc) is 3.19. The minimum Gasteiger partial charge on any atom is -0.465 e. The topological polar surface area (TPSA) is 100 Å². The van der Waals surface area contributed by atoms with Crippen LogP contribution in [0.4, 0.5) is 0 Å². The lowest BCUT2D eigenvalue weighted by Crippen LogP contribution is -2.48. The zero-order valence-electron chi connectivity index (χ0n) is 17.9. The fourth-order valence-electron chi connectivity index (χ4n) is 3.26. The molecule has 0 spiro atoms. The first-order valence-corrected chi connectivity index (χ1v) is 10.2. The second-order valence-corrected chi connectivity index (χ2v) is 7.69. The number of methoxy groups -OCH3 is 1. The summed E-state index contributed by atoms with van der Waals surface area (Å²) in [5.41, 5.74) is 3.22. The molecular formula is C24H27N3O4. The molecule has 7 nitrogen and oxygen atoms in total. The summed E-state index contributed by atoms with van der Waals surface area (Å²) >= 11 is 0. The van der Waals surface area contributed by atoms with Crippen LogP contribution in [-0.2, 0) is 27.3 Å². The molecule has 3 aromatic rings. The van der Waals surface area contributed by atoms with Gasteiger partial charge in [0.1, 0.15) is 6.04 Å². The van der Waals surface area contributed by atoms with Gasteiger partial charge in [0.05, 0.1) is 12.7 Å². The van der Waals surface area contributed by atoms with Crippen LogP contribution in [0.1, 0.15) is 35.3 Å². The number of fused-ring (bicyclic) bond motifs is 1. The van der Waals surface area contributed by atoms with Crippen molar-refractivity contribution in [2.24, 2.45) is 5.92 Å². The van der Waals surface area contributed by atoms with Crippen molar-refractivity contribution in [1.82, 2.24) is 15.6 Å². The van der Waals surface area contributed by atoms with Crippen molar-refractivity contribution in [2.45, 2.75) is 32.9 Å². The Morgan fingerprint density at radius 2 is 1.71 bits per heavy atom. The van der Waals surface area contributed by atoms with Crippen molar-refractivity contribution < 1.29 is 19.1 Å². The molecule has 1 unspecified atom stereocenters. The van der Waals surface area contributed by atoms with Gasteiger partial charge < -0.3 is 20.4 Å². The Kier molecular flexibility index (Phi) is 7.07. The molecule has 3 N–H and O–H groups in total. The first-order chi connectivity index (χ1) is 14.9. The van der Waals surface area contributed by atoms with E-state index in [-0.39, 0.29) is 24.3 Å². The summed E-state index contributed by atoms with van der Waals surface area (Å²) in [6.07, 6.45) is 2.24. The first kappa shape index (κ1) is 22.1. The van der Waals surface area contributed by atoms with Gasteiger partial charge in [0.15, 0.2) is 0 Å². The Balaban J connectivity index is 1.71. The summed E-state index contributed by atoms with van der Waals surface area (Å²) in [6, 6.07) is 14.0. The molecule has 0 fully saturated rings. The first-order valence-electron chi connectivity index (χ1n) is 10.2. The number of ether oxygens (including phenoxy) is 1. The van der Waals surface area contributed by atoms with E-state index in [9.17, 15) is 14.4 Å². The van der Waals surface area contributed by atoms with Crippen LogP contribution in [-0.4, -0.2) is 35.9 Å². The number of H-pyrrole nitrogens is 1. The summed E-state index contributed by atoms with van der Waals surface area (Å²) in [6.45, 7) is 3.86. The number of amides is 2. The molecule has 0 bridgehead atoms. The fourth-order valence-corrected chi connectivity index (χ4v) is 3.26. The lowest BCUT2D eigenvalue weighted by atomic mass is 10.0. The molecule has 1 heterocycles. The van der Waals surface area contributed by atoms with E-state index < -0.39 is 12.0 Å². The largest absolute Gasteiger partial charge is 0.465 e. The SMILES string of the molecule is COC(=O)c1ccc(CNC(=O)C(Cc2c[nH]c3ccccc23)NC(=O)C(C)C)cc1. The van der Waals surface area contributed by atoms with Gasteiger partial charge in [-0.05, 0) is 29.3 Å². The number of aromatic amines is 1. The third-order valence-corrected chi connectivity index (χ3v) is 5.10. The van der Waals surface area contributed by atoms with Crippen molar-refractivity contribution in [3.05, 3.63) is 71.4 Å². The van der Waals surface area contributed by atoms with Gasteiger partial charge in [0, 0.05) is 36.0 Å². The molecule has 1 atom stereocenters. The molecule has 0 saturated heterocycles. The van der Waals surface area contributed by atoms with Gasteiger partial charge in [-0.25, -0.2) is 4.79 Å². The second kappa shape index (κ2) is 9.93. The third kappa shape index (κ3) is 5.51. The highest BCUT2D eigenvalue weighted by molar-refractivity contribution is 5.90. The van der Waals surface area contributed by atoms with Gasteiger partial charge in [-0.1, -0.05) is 44.2 Å². The smallest absolute Gasteiger partial charge is 0.337 e. The van der Waals surface area contributed by atoms with Gasteiger partial charge in [0.25, 0.3) is 0 Å². The summed E-state index contributed by atoms with van der Waals surface area (Å²) in [7, 11) is 1.33. The number of para-hydroxylation sites is 1. The number of esters is 1. The molecule has 2 amide bonds. The minimum atomic E-state index is -0.705. The molecular weight excluding hydrogens is 394 g/mol. The van der Waals surface area contributed by atoms with E-state index >= 15 is 0 Å². The van der Waals surface area contributed by atoms with Crippen LogP contribution in [0.5, 0.6) is 0 Å². The molecule has 0 aliphatic rings. The van der Waals surface area contributed by atoms with Gasteiger partial charge in [-0.15, -0.1) is 0 Å². The zero-order valence-corrected chi connectivity index (χ0v) is 17.9. The lowest BCUT2D eigenvalue weighted by Gasteiger charge is -2.20. The average molecular weight is 421 g/mol. The van der Waals surface area contributed by atoms with E-state index in [1.165, 1.54) is 7.11 Å². The van der Waals surface area contributed by atoms with Crippen molar-refractivity contribution in [3.63, 3.8) is 0 Å². The Morgan fingerprint density at radius 3 is 2.39 bits per heavy atom. The highest BCUT2D eigenvalue weighted by Crippen LogP contribution is 2.19. The molecule has 0 radical (unpaired) electrons. The van der Waals surface area contributed by atoms with E-state index in [4.69, 9.17) is 4.74 Å². The van der Waals surface area contributed by atoms with E-state index in [1.807, 2.05) is 30.5 Å². The van der Waals surface area contributed by atoms with Crippen LogP contribution in [0.15, 0.2) is 54.7 Å². The Morgan fingerprint density at radius 1 is 1.00 bits per heavy atom. The van der Waals surface area contributed by atoms with Crippen molar-refractivity contribution >= 4 is 28.7 Å². The number of carbonyl (C=O) groups is 3. The van der Waals surface area contributed by atoms with Crippen LogP contribution in [0.2, 0.25) is 0 Å². The van der Waals surface area contributed by atoms with Gasteiger partial charge in [-0.2, -0.15) is 0 Å². The second-order valence-electron chi connectivity index (χ2n) is 7.69. The van der Waals surface area contributed by atoms with E-state index in [2.05, 4.69) is 15.6 Å². The van der Waals surface area contributed by atoms with Crippen LogP contribution in [0.3, 0.4) is 0 Å². The quantitative estimate of drug-likeness (QED) is 0.487. The highest BCUT2D eigenvalue weighted by atomic mass is 16.5. The van der Waals surface area contributed by atoms with Gasteiger partial charge in [0.2, 0.25) is 11.8 Å². The number of hydrogen-bond donors (Lipinski definition) is 3. The third-order valence-electron chi connectivity index (χ3n) is 5.10. The van der Waals surface area contributed by atoms with Crippen LogP contribution < -0.4 is 10.6 Å². The zero-order chi connectivity index (χ0) is 22.4. The van der Waals surface area contributed by atoms with Crippen LogP contribution >= 0.6 is 0 Å². The fraction of sp³-hybridized carbons (Fsp3) is 0.292. The van der Waals surface area contributed by atoms with E-state index in [0.29, 0.717) is 12.0 Å². The Labute approximate surface area is 181 Å². The molecule has 1 aromatic heterocycles. The lowest BCUT2D eigenvalue weighted by molar-refractivity contribution is -0.130. The molecule has 3 rings (SSSR count). The highest BCUT2D eigenvalue weighted by Gasteiger charge is 2.23. The minimum absolute atomic E-state index is 0.178. The van der Waals surface area contributed by atoms with Gasteiger partial charge in [-0.3, -0.25) is 9.59 Å². The summed E-state index contributed by atoms with van der Waals surface area (Å²) in [4.78, 5) is 40.0. The Bertz CT molecular complexity index is 1070. The molecule has 7 heteroatoms. The van der Waals surface area contributed by atoms with E-state index in [1.54, 1.807) is 38.1 Å². The maximum Gasteiger partial charge on any atom is 0.337 e. The monoisotopic (exact) mass is 421 g/mol. The summed E-state index contributed by atoms with van der Waals surface area (Å²) in [5, 5.41) is 6.77. The summed E-state index contributed by atoms with van der Waals surface area (Å²) < 4.78 is 4.69. The molecule has 0 aliphatic carbocycles.